The van der Waals surface area contributed by atoms with Gasteiger partial charge in [0.05, 0.1) is 21.8 Å². The third kappa shape index (κ3) is 3.50. The maximum Gasteiger partial charge on any atom is 0.241 e. The van der Waals surface area contributed by atoms with Crippen LogP contribution in [0.1, 0.15) is 29.7 Å². The molecule has 1 aliphatic rings. The van der Waals surface area contributed by atoms with Crippen molar-refractivity contribution in [2.24, 2.45) is 0 Å². The molecule has 0 spiro atoms. The van der Waals surface area contributed by atoms with Gasteiger partial charge in [0.15, 0.2) is 0 Å². The standard InChI is InChI=1S/C21H20N4OS/c1-2-6-15(7-3-1)20-23-19(26-24-20)14-25-12-10-16(11-13-25)21-22-17-8-4-5-9-18(17)27-21/h1-9,16H,10-14H2. The van der Waals surface area contributed by atoms with Crippen LogP contribution in [-0.4, -0.2) is 33.1 Å². The van der Waals surface area contributed by atoms with Crippen molar-refractivity contribution in [1.82, 2.24) is 20.0 Å². The topological polar surface area (TPSA) is 55.1 Å². The van der Waals surface area contributed by atoms with Crippen LogP contribution >= 0.6 is 11.3 Å². The van der Waals surface area contributed by atoms with E-state index in [2.05, 4.69) is 39.3 Å². The van der Waals surface area contributed by atoms with Crippen LogP contribution in [0.15, 0.2) is 59.1 Å². The van der Waals surface area contributed by atoms with Crippen molar-refractivity contribution < 1.29 is 4.52 Å². The Morgan fingerprint density at radius 1 is 0.963 bits per heavy atom. The fourth-order valence-corrected chi connectivity index (χ4v) is 4.75. The summed E-state index contributed by atoms with van der Waals surface area (Å²) < 4.78 is 6.75. The SMILES string of the molecule is c1ccc(-c2noc(CN3CCC(c4nc5ccccc5s4)CC3)n2)cc1. The van der Waals surface area contributed by atoms with Crippen LogP contribution in [-0.2, 0) is 6.54 Å². The molecule has 0 unspecified atom stereocenters. The number of hydrogen-bond donors (Lipinski definition) is 0. The highest BCUT2D eigenvalue weighted by molar-refractivity contribution is 7.18. The molecule has 5 nitrogen and oxygen atoms in total. The maximum atomic E-state index is 5.46. The lowest BCUT2D eigenvalue weighted by molar-refractivity contribution is 0.181. The van der Waals surface area contributed by atoms with Gasteiger partial charge in [-0.05, 0) is 38.1 Å². The minimum absolute atomic E-state index is 0.557. The van der Waals surface area contributed by atoms with E-state index in [-0.39, 0.29) is 0 Å². The van der Waals surface area contributed by atoms with Gasteiger partial charge in [0, 0.05) is 11.5 Å². The van der Waals surface area contributed by atoms with Crippen LogP contribution in [0, 0.1) is 0 Å². The molecular weight excluding hydrogens is 356 g/mol. The number of thiazole rings is 1. The number of likely N-dealkylation sites (tertiary alicyclic amines) is 1. The minimum Gasteiger partial charge on any atom is -0.338 e. The molecule has 0 radical (unpaired) electrons. The molecule has 1 saturated heterocycles. The van der Waals surface area contributed by atoms with Gasteiger partial charge in [-0.3, -0.25) is 4.90 Å². The van der Waals surface area contributed by atoms with E-state index in [1.165, 1.54) is 9.71 Å². The third-order valence-electron chi connectivity index (χ3n) is 5.11. The zero-order chi connectivity index (χ0) is 18.1. The fraction of sp³-hybridized carbons (Fsp3) is 0.286. The summed E-state index contributed by atoms with van der Waals surface area (Å²) in [7, 11) is 0. The molecule has 136 valence electrons. The Balaban J connectivity index is 1.21. The van der Waals surface area contributed by atoms with Crippen molar-refractivity contribution in [1.29, 1.82) is 0 Å². The van der Waals surface area contributed by atoms with E-state index in [1.54, 1.807) is 0 Å². The molecule has 0 amide bonds. The van der Waals surface area contributed by atoms with Crippen molar-refractivity contribution in [3.63, 3.8) is 0 Å². The van der Waals surface area contributed by atoms with E-state index in [9.17, 15) is 0 Å². The molecule has 6 heteroatoms. The summed E-state index contributed by atoms with van der Waals surface area (Å²) in [5.41, 5.74) is 2.11. The summed E-state index contributed by atoms with van der Waals surface area (Å²) in [6.45, 7) is 2.78. The third-order valence-corrected chi connectivity index (χ3v) is 6.31. The fourth-order valence-electron chi connectivity index (χ4n) is 3.62. The van der Waals surface area contributed by atoms with Gasteiger partial charge in [0.25, 0.3) is 0 Å². The highest BCUT2D eigenvalue weighted by atomic mass is 32.1. The highest BCUT2D eigenvalue weighted by Gasteiger charge is 2.24. The van der Waals surface area contributed by atoms with Crippen LogP contribution in [0.25, 0.3) is 21.6 Å². The zero-order valence-electron chi connectivity index (χ0n) is 14.9. The molecule has 0 N–H and O–H groups in total. The number of benzene rings is 2. The number of aromatic nitrogens is 3. The van der Waals surface area contributed by atoms with E-state index in [4.69, 9.17) is 9.51 Å². The number of nitrogens with zero attached hydrogens (tertiary/aromatic N) is 4. The largest absolute Gasteiger partial charge is 0.338 e. The molecule has 0 atom stereocenters. The lowest BCUT2D eigenvalue weighted by atomic mass is 9.97. The van der Waals surface area contributed by atoms with E-state index >= 15 is 0 Å². The van der Waals surface area contributed by atoms with Crippen LogP contribution in [0.2, 0.25) is 0 Å². The minimum atomic E-state index is 0.557. The Bertz CT molecular complexity index is 1000. The number of fused-ring (bicyclic) bond motifs is 1. The zero-order valence-corrected chi connectivity index (χ0v) is 15.7. The predicted octanol–water partition coefficient (Wildman–Crippen LogP) is 4.73. The van der Waals surface area contributed by atoms with Gasteiger partial charge in [0.2, 0.25) is 11.7 Å². The summed E-state index contributed by atoms with van der Waals surface area (Å²) in [6.07, 6.45) is 2.25. The molecule has 3 heterocycles. The molecule has 0 saturated carbocycles. The van der Waals surface area contributed by atoms with Gasteiger partial charge in [-0.1, -0.05) is 47.6 Å². The molecule has 4 aromatic rings. The first-order valence-corrected chi connectivity index (χ1v) is 10.1. The maximum absolute atomic E-state index is 5.46. The molecule has 27 heavy (non-hydrogen) atoms. The Kier molecular flexibility index (Phi) is 4.43. The van der Waals surface area contributed by atoms with E-state index in [1.807, 2.05) is 41.7 Å². The summed E-state index contributed by atoms with van der Waals surface area (Å²) in [5.74, 6) is 1.91. The van der Waals surface area contributed by atoms with Crippen LogP contribution in [0.5, 0.6) is 0 Å². The number of hydrogen-bond acceptors (Lipinski definition) is 6. The van der Waals surface area contributed by atoms with Gasteiger partial charge >= 0.3 is 0 Å². The Labute approximate surface area is 161 Å². The molecule has 2 aromatic heterocycles. The van der Waals surface area contributed by atoms with Crippen LogP contribution < -0.4 is 0 Å². The number of rotatable bonds is 4. The first-order chi connectivity index (χ1) is 13.3. The second kappa shape index (κ2) is 7.21. The van der Waals surface area contributed by atoms with E-state index in [0.29, 0.717) is 24.2 Å². The highest BCUT2D eigenvalue weighted by Crippen LogP contribution is 2.34. The normalized spacial score (nSPS) is 16.1. The van der Waals surface area contributed by atoms with Crippen molar-refractivity contribution in [2.75, 3.05) is 13.1 Å². The van der Waals surface area contributed by atoms with Gasteiger partial charge in [-0.2, -0.15) is 4.98 Å². The van der Waals surface area contributed by atoms with Gasteiger partial charge in [0.1, 0.15) is 0 Å². The van der Waals surface area contributed by atoms with Gasteiger partial charge in [-0.25, -0.2) is 4.98 Å². The van der Waals surface area contributed by atoms with Crippen molar-refractivity contribution in [3.8, 4) is 11.4 Å². The monoisotopic (exact) mass is 376 g/mol. The van der Waals surface area contributed by atoms with Gasteiger partial charge in [-0.15, -0.1) is 11.3 Å². The summed E-state index contributed by atoms with van der Waals surface area (Å²) >= 11 is 1.84. The lowest BCUT2D eigenvalue weighted by Gasteiger charge is -2.29. The molecule has 2 aromatic carbocycles. The van der Waals surface area contributed by atoms with Gasteiger partial charge < -0.3 is 4.52 Å². The lowest BCUT2D eigenvalue weighted by Crippen LogP contribution is -2.32. The van der Waals surface area contributed by atoms with E-state index in [0.717, 1.165) is 37.0 Å². The number of piperidine rings is 1. The molecule has 1 aliphatic heterocycles. The second-order valence-electron chi connectivity index (χ2n) is 6.95. The molecule has 1 fully saturated rings. The smallest absolute Gasteiger partial charge is 0.241 e. The summed E-state index contributed by atoms with van der Waals surface area (Å²) in [6, 6.07) is 18.4. The first-order valence-electron chi connectivity index (χ1n) is 9.31. The Morgan fingerprint density at radius 2 is 1.74 bits per heavy atom. The molecule has 0 bridgehead atoms. The average Bonchev–Trinajstić information content (AvgIpc) is 3.36. The quantitative estimate of drug-likeness (QED) is 0.515. The summed E-state index contributed by atoms with van der Waals surface area (Å²) in [4.78, 5) is 11.8. The molecule has 0 aliphatic carbocycles. The van der Waals surface area contributed by atoms with E-state index < -0.39 is 0 Å². The first kappa shape index (κ1) is 16.6. The van der Waals surface area contributed by atoms with Crippen molar-refractivity contribution >= 4 is 21.6 Å². The van der Waals surface area contributed by atoms with Crippen LogP contribution in [0.4, 0.5) is 0 Å². The van der Waals surface area contributed by atoms with Crippen molar-refractivity contribution in [2.45, 2.75) is 25.3 Å². The Hall–Kier alpha value is -2.57. The molecule has 5 rings (SSSR count). The second-order valence-corrected chi connectivity index (χ2v) is 8.01. The van der Waals surface area contributed by atoms with Crippen molar-refractivity contribution in [3.05, 3.63) is 65.5 Å². The number of para-hydroxylation sites is 1. The van der Waals surface area contributed by atoms with Crippen LogP contribution in [0.3, 0.4) is 0 Å². The molecular formula is C21H20N4OS. The Morgan fingerprint density at radius 3 is 2.56 bits per heavy atom. The predicted molar refractivity (Wildman–Crippen MR) is 107 cm³/mol. The summed E-state index contributed by atoms with van der Waals surface area (Å²) in [5, 5.41) is 5.40. The average molecular weight is 376 g/mol.